The fraction of sp³-hybridized carbons (Fsp3) is 0.368. The Morgan fingerprint density at radius 3 is 1.32 bits per heavy atom. The second kappa shape index (κ2) is 9.39. The second-order valence-corrected chi connectivity index (χ2v) is 6.13. The monoisotopic (exact) mass is 348 g/mol. The molecule has 0 atom stereocenters. The highest BCUT2D eigenvalue weighted by Crippen LogP contribution is 2.20. The van der Waals surface area contributed by atoms with E-state index in [9.17, 15) is 20.4 Å². The van der Waals surface area contributed by atoms with Crippen molar-refractivity contribution in [3.63, 3.8) is 0 Å². The fourth-order valence-corrected chi connectivity index (χ4v) is 2.23. The zero-order valence-electron chi connectivity index (χ0n) is 14.0. The molecular weight excluding hydrogens is 324 g/mol. The molecule has 0 fully saturated rings. The van der Waals surface area contributed by atoms with Crippen LogP contribution in [-0.2, 0) is 22.7 Å². The Kier molecular flexibility index (Phi) is 7.21. The molecule has 0 saturated heterocycles. The van der Waals surface area contributed by atoms with Crippen molar-refractivity contribution >= 4 is 0 Å². The van der Waals surface area contributed by atoms with Gasteiger partial charge in [0.1, 0.15) is 11.5 Å². The molecular formula is C19H24O6. The van der Waals surface area contributed by atoms with E-state index < -0.39 is 5.41 Å². The van der Waals surface area contributed by atoms with Crippen LogP contribution in [0.5, 0.6) is 11.5 Å². The summed E-state index contributed by atoms with van der Waals surface area (Å²) in [6.45, 7) is 0.343. The molecule has 6 nitrogen and oxygen atoms in total. The zero-order chi connectivity index (χ0) is 18.1. The maximum Gasteiger partial charge on any atom is 0.115 e. The molecule has 0 amide bonds. The van der Waals surface area contributed by atoms with Crippen molar-refractivity contribution in [2.45, 2.75) is 13.2 Å². The molecule has 25 heavy (non-hydrogen) atoms. The van der Waals surface area contributed by atoms with E-state index in [0.717, 1.165) is 11.1 Å². The van der Waals surface area contributed by atoms with Crippen molar-refractivity contribution in [1.82, 2.24) is 0 Å². The molecule has 0 aliphatic heterocycles. The lowest BCUT2D eigenvalue weighted by atomic mass is 9.92. The van der Waals surface area contributed by atoms with E-state index in [0.29, 0.717) is 13.2 Å². The minimum absolute atomic E-state index is 0.135. The number of ether oxygens (including phenoxy) is 2. The summed E-state index contributed by atoms with van der Waals surface area (Å²) in [7, 11) is 0. The molecule has 0 heterocycles. The van der Waals surface area contributed by atoms with Gasteiger partial charge in [0.15, 0.2) is 0 Å². The van der Waals surface area contributed by atoms with E-state index in [1.54, 1.807) is 48.5 Å². The van der Waals surface area contributed by atoms with E-state index in [1.807, 2.05) is 0 Å². The number of hydrogen-bond donors (Lipinski definition) is 4. The number of rotatable bonds is 10. The predicted molar refractivity (Wildman–Crippen MR) is 92.1 cm³/mol. The van der Waals surface area contributed by atoms with Gasteiger partial charge in [-0.25, -0.2) is 0 Å². The van der Waals surface area contributed by atoms with Gasteiger partial charge in [-0.05, 0) is 35.4 Å². The van der Waals surface area contributed by atoms with Gasteiger partial charge in [-0.1, -0.05) is 24.3 Å². The first-order valence-corrected chi connectivity index (χ1v) is 8.00. The van der Waals surface area contributed by atoms with Crippen molar-refractivity contribution in [2.75, 3.05) is 26.4 Å². The molecule has 0 unspecified atom stereocenters. The van der Waals surface area contributed by atoms with Gasteiger partial charge in [0.25, 0.3) is 0 Å². The average molecular weight is 348 g/mol. The van der Waals surface area contributed by atoms with Gasteiger partial charge in [-0.2, -0.15) is 0 Å². The Labute approximate surface area is 146 Å². The maximum atomic E-state index is 9.66. The van der Waals surface area contributed by atoms with Crippen LogP contribution in [0.25, 0.3) is 0 Å². The number of phenols is 2. The predicted octanol–water partition coefficient (Wildman–Crippen LogP) is 1.80. The van der Waals surface area contributed by atoms with Gasteiger partial charge in [0.05, 0.1) is 45.1 Å². The minimum atomic E-state index is -0.895. The summed E-state index contributed by atoms with van der Waals surface area (Å²) in [6.07, 6.45) is 0. The van der Waals surface area contributed by atoms with Crippen LogP contribution in [0.2, 0.25) is 0 Å². The van der Waals surface area contributed by atoms with Gasteiger partial charge in [-0.15, -0.1) is 0 Å². The van der Waals surface area contributed by atoms with Gasteiger partial charge in [0.2, 0.25) is 0 Å². The summed E-state index contributed by atoms with van der Waals surface area (Å²) >= 11 is 0. The summed E-state index contributed by atoms with van der Waals surface area (Å²) in [5.74, 6) is 0.373. The summed E-state index contributed by atoms with van der Waals surface area (Å²) in [5, 5.41) is 37.8. The number of hydrogen-bond acceptors (Lipinski definition) is 6. The van der Waals surface area contributed by atoms with E-state index in [1.165, 1.54) is 0 Å². The Morgan fingerprint density at radius 1 is 0.640 bits per heavy atom. The molecule has 0 radical (unpaired) electrons. The first kappa shape index (κ1) is 19.2. The third-order valence-corrected chi connectivity index (χ3v) is 3.90. The summed E-state index contributed by atoms with van der Waals surface area (Å²) in [6, 6.07) is 13.3. The quantitative estimate of drug-likeness (QED) is 0.523. The summed E-state index contributed by atoms with van der Waals surface area (Å²) < 4.78 is 11.2. The molecule has 0 spiro atoms. The summed E-state index contributed by atoms with van der Waals surface area (Å²) in [5.41, 5.74) is 0.869. The Hall–Kier alpha value is -2.12. The molecule has 0 aliphatic carbocycles. The molecule has 4 N–H and O–H groups in total. The topological polar surface area (TPSA) is 99.4 Å². The highest BCUT2D eigenvalue weighted by molar-refractivity contribution is 5.26. The number of aliphatic hydroxyl groups excluding tert-OH is 2. The van der Waals surface area contributed by atoms with E-state index in [-0.39, 0.29) is 37.9 Å². The van der Waals surface area contributed by atoms with Crippen LogP contribution in [0.3, 0.4) is 0 Å². The minimum Gasteiger partial charge on any atom is -0.508 e. The number of benzene rings is 2. The fourth-order valence-electron chi connectivity index (χ4n) is 2.23. The Bertz CT molecular complexity index is 566. The highest BCUT2D eigenvalue weighted by atomic mass is 16.5. The SMILES string of the molecule is OCC(CO)(COCc1ccc(O)cc1)COCc1ccc(O)cc1. The maximum absolute atomic E-state index is 9.66. The largest absolute Gasteiger partial charge is 0.508 e. The molecule has 2 rings (SSSR count). The van der Waals surface area contributed by atoms with Crippen LogP contribution in [-0.4, -0.2) is 46.9 Å². The lowest BCUT2D eigenvalue weighted by molar-refractivity contribution is -0.0839. The van der Waals surface area contributed by atoms with E-state index >= 15 is 0 Å². The normalized spacial score (nSPS) is 11.6. The Balaban J connectivity index is 1.82. The lowest BCUT2D eigenvalue weighted by Gasteiger charge is -2.29. The molecule has 0 bridgehead atoms. The van der Waals surface area contributed by atoms with Crippen LogP contribution >= 0.6 is 0 Å². The molecule has 0 aliphatic rings. The standard InChI is InChI=1S/C19H24O6/c20-11-19(12-21,13-24-9-15-1-5-17(22)6-2-15)14-25-10-16-3-7-18(23)8-4-16/h1-8,20-23H,9-14H2. The van der Waals surface area contributed by atoms with Crippen LogP contribution in [0.4, 0.5) is 0 Å². The van der Waals surface area contributed by atoms with E-state index in [4.69, 9.17) is 9.47 Å². The third-order valence-electron chi connectivity index (χ3n) is 3.90. The van der Waals surface area contributed by atoms with Gasteiger partial charge < -0.3 is 29.9 Å². The van der Waals surface area contributed by atoms with Crippen molar-refractivity contribution < 1.29 is 29.9 Å². The molecule has 136 valence electrons. The summed E-state index contributed by atoms with van der Waals surface area (Å²) in [4.78, 5) is 0. The van der Waals surface area contributed by atoms with Crippen molar-refractivity contribution in [1.29, 1.82) is 0 Å². The first-order valence-electron chi connectivity index (χ1n) is 8.00. The van der Waals surface area contributed by atoms with Gasteiger partial charge >= 0.3 is 0 Å². The van der Waals surface area contributed by atoms with Crippen LogP contribution in [0.1, 0.15) is 11.1 Å². The Morgan fingerprint density at radius 2 is 1.00 bits per heavy atom. The number of phenolic OH excluding ortho intramolecular Hbond substituents is 2. The van der Waals surface area contributed by atoms with Gasteiger partial charge in [-0.3, -0.25) is 0 Å². The van der Waals surface area contributed by atoms with Crippen molar-refractivity contribution in [3.8, 4) is 11.5 Å². The number of aliphatic hydroxyl groups is 2. The van der Waals surface area contributed by atoms with Gasteiger partial charge in [0, 0.05) is 0 Å². The van der Waals surface area contributed by atoms with Crippen LogP contribution in [0.15, 0.2) is 48.5 Å². The third kappa shape index (κ3) is 6.03. The second-order valence-electron chi connectivity index (χ2n) is 6.13. The zero-order valence-corrected chi connectivity index (χ0v) is 14.0. The van der Waals surface area contributed by atoms with Crippen molar-refractivity contribution in [3.05, 3.63) is 59.7 Å². The highest BCUT2D eigenvalue weighted by Gasteiger charge is 2.30. The lowest BCUT2D eigenvalue weighted by Crippen LogP contribution is -2.39. The number of aromatic hydroxyl groups is 2. The van der Waals surface area contributed by atoms with Crippen molar-refractivity contribution in [2.24, 2.45) is 5.41 Å². The molecule has 0 saturated carbocycles. The van der Waals surface area contributed by atoms with E-state index in [2.05, 4.69) is 0 Å². The smallest absolute Gasteiger partial charge is 0.115 e. The molecule has 6 heteroatoms. The average Bonchev–Trinajstić information content (AvgIpc) is 2.64. The van der Waals surface area contributed by atoms with Crippen LogP contribution in [0, 0.1) is 5.41 Å². The molecule has 0 aromatic heterocycles. The first-order chi connectivity index (χ1) is 12.1. The van der Waals surface area contributed by atoms with Crippen LogP contribution < -0.4 is 0 Å². The molecule has 2 aromatic rings. The molecule has 2 aromatic carbocycles.